The van der Waals surface area contributed by atoms with Gasteiger partial charge in [0.25, 0.3) is 0 Å². The van der Waals surface area contributed by atoms with Gasteiger partial charge in [-0.1, -0.05) is 38.1 Å². The molecule has 0 spiro atoms. The van der Waals surface area contributed by atoms with Gasteiger partial charge in [0.2, 0.25) is 0 Å². The molecule has 0 saturated carbocycles. The second-order valence-corrected chi connectivity index (χ2v) is 4.41. The van der Waals surface area contributed by atoms with Gasteiger partial charge < -0.3 is 10.5 Å². The number of ether oxygens (including phenoxy) is 1. The normalized spacial score (nSPS) is 14.8. The maximum atomic E-state index is 5.68. The number of hydrogen-bond donors (Lipinski definition) is 1. The summed E-state index contributed by atoms with van der Waals surface area (Å²) in [4.78, 5) is 0. The van der Waals surface area contributed by atoms with E-state index in [1.807, 2.05) is 0 Å². The molecule has 0 fully saturated rings. The highest BCUT2D eigenvalue weighted by molar-refractivity contribution is 5.24. The third kappa shape index (κ3) is 3.95. The van der Waals surface area contributed by atoms with Crippen LogP contribution in [0.1, 0.15) is 44.2 Å². The van der Waals surface area contributed by atoms with Crippen LogP contribution in [-0.4, -0.2) is 12.6 Å². The fourth-order valence-corrected chi connectivity index (χ4v) is 1.43. The van der Waals surface area contributed by atoms with Crippen LogP contribution in [0, 0.1) is 0 Å². The minimum Gasteiger partial charge on any atom is -0.374 e. The Kier molecular flexibility index (Phi) is 5.50. The average Bonchev–Trinajstić information content (AvgIpc) is 2.35. The summed E-state index contributed by atoms with van der Waals surface area (Å²) in [7, 11) is 0. The summed E-state index contributed by atoms with van der Waals surface area (Å²) in [6.07, 6.45) is 1.39. The Hall–Kier alpha value is -0.860. The molecule has 2 atom stereocenters. The molecule has 0 amide bonds. The van der Waals surface area contributed by atoms with Gasteiger partial charge in [-0.25, -0.2) is 0 Å². The molecule has 2 N–H and O–H groups in total. The van der Waals surface area contributed by atoms with Gasteiger partial charge in [-0.05, 0) is 36.9 Å². The van der Waals surface area contributed by atoms with Crippen LogP contribution in [0.4, 0.5) is 0 Å². The summed E-state index contributed by atoms with van der Waals surface area (Å²) in [6, 6.07) is 8.55. The third-order valence-electron chi connectivity index (χ3n) is 3.01. The molecule has 0 aromatic heterocycles. The van der Waals surface area contributed by atoms with Crippen molar-refractivity contribution >= 4 is 0 Å². The van der Waals surface area contributed by atoms with Gasteiger partial charge in [0, 0.05) is 0 Å². The molecule has 0 radical (unpaired) electrons. The van der Waals surface area contributed by atoms with E-state index in [0.29, 0.717) is 25.2 Å². The predicted octanol–water partition coefficient (Wildman–Crippen LogP) is 3.06. The Labute approximate surface area is 98.8 Å². The summed E-state index contributed by atoms with van der Waals surface area (Å²) >= 11 is 0. The topological polar surface area (TPSA) is 35.2 Å². The lowest BCUT2D eigenvalue weighted by Crippen LogP contribution is -2.09. The molecular formula is C14H23NO. The molecule has 0 saturated heterocycles. The third-order valence-corrected chi connectivity index (χ3v) is 3.01. The zero-order valence-electron chi connectivity index (χ0n) is 10.6. The fraction of sp³-hybridized carbons (Fsp3) is 0.571. The van der Waals surface area contributed by atoms with E-state index >= 15 is 0 Å². The van der Waals surface area contributed by atoms with E-state index in [0.717, 1.165) is 6.42 Å². The largest absolute Gasteiger partial charge is 0.374 e. The van der Waals surface area contributed by atoms with Gasteiger partial charge in [-0.3, -0.25) is 0 Å². The molecule has 1 aromatic rings. The van der Waals surface area contributed by atoms with Crippen molar-refractivity contribution in [3.05, 3.63) is 35.4 Å². The fourth-order valence-electron chi connectivity index (χ4n) is 1.43. The maximum absolute atomic E-state index is 5.68. The Bertz CT molecular complexity index is 294. The monoisotopic (exact) mass is 221 g/mol. The molecule has 1 rings (SSSR count). The first-order valence-electron chi connectivity index (χ1n) is 6.07. The molecule has 0 bridgehead atoms. The Morgan fingerprint density at radius 1 is 1.19 bits per heavy atom. The van der Waals surface area contributed by atoms with E-state index in [1.54, 1.807) is 0 Å². The first kappa shape index (κ1) is 13.2. The molecule has 2 nitrogen and oxygen atoms in total. The van der Waals surface area contributed by atoms with E-state index in [1.165, 1.54) is 11.1 Å². The van der Waals surface area contributed by atoms with Crippen molar-refractivity contribution in [1.82, 2.24) is 0 Å². The van der Waals surface area contributed by atoms with Crippen LogP contribution in [0.2, 0.25) is 0 Å². The van der Waals surface area contributed by atoms with Crippen LogP contribution in [0.5, 0.6) is 0 Å². The second kappa shape index (κ2) is 6.66. The lowest BCUT2D eigenvalue weighted by Gasteiger charge is -2.12. The highest BCUT2D eigenvalue weighted by Crippen LogP contribution is 2.15. The lowest BCUT2D eigenvalue weighted by molar-refractivity contribution is 0.0508. The van der Waals surface area contributed by atoms with E-state index in [-0.39, 0.29) is 0 Å². The van der Waals surface area contributed by atoms with Crippen molar-refractivity contribution in [3.8, 4) is 0 Å². The van der Waals surface area contributed by atoms with Crippen molar-refractivity contribution in [2.45, 2.75) is 45.8 Å². The SMILES string of the molecule is CCC(C)OCc1ccc(C(C)CN)cc1. The summed E-state index contributed by atoms with van der Waals surface area (Å²) in [5.74, 6) is 0.435. The van der Waals surface area contributed by atoms with Crippen LogP contribution in [0.3, 0.4) is 0 Å². The number of benzene rings is 1. The van der Waals surface area contributed by atoms with Crippen molar-refractivity contribution in [1.29, 1.82) is 0 Å². The Balaban J connectivity index is 2.51. The van der Waals surface area contributed by atoms with Crippen molar-refractivity contribution in [2.24, 2.45) is 5.73 Å². The quantitative estimate of drug-likeness (QED) is 0.801. The number of nitrogens with two attached hydrogens (primary N) is 1. The van der Waals surface area contributed by atoms with Crippen LogP contribution in [0.15, 0.2) is 24.3 Å². The molecule has 0 aliphatic heterocycles. The Morgan fingerprint density at radius 2 is 1.81 bits per heavy atom. The van der Waals surface area contributed by atoms with Gasteiger partial charge in [0.05, 0.1) is 12.7 Å². The van der Waals surface area contributed by atoms with Gasteiger partial charge in [0.15, 0.2) is 0 Å². The van der Waals surface area contributed by atoms with Crippen LogP contribution < -0.4 is 5.73 Å². The Morgan fingerprint density at radius 3 is 2.31 bits per heavy atom. The van der Waals surface area contributed by atoms with Gasteiger partial charge in [0.1, 0.15) is 0 Å². The molecule has 0 aliphatic rings. The van der Waals surface area contributed by atoms with E-state index in [4.69, 9.17) is 10.5 Å². The summed E-state index contributed by atoms with van der Waals surface area (Å²) < 4.78 is 5.68. The molecule has 2 heteroatoms. The molecule has 16 heavy (non-hydrogen) atoms. The molecule has 2 unspecified atom stereocenters. The van der Waals surface area contributed by atoms with Crippen molar-refractivity contribution in [2.75, 3.05) is 6.54 Å². The predicted molar refractivity (Wildman–Crippen MR) is 68.5 cm³/mol. The summed E-state index contributed by atoms with van der Waals surface area (Å²) in [5, 5.41) is 0. The molecule has 0 heterocycles. The number of rotatable bonds is 6. The first-order chi connectivity index (χ1) is 7.67. The molecule has 0 aliphatic carbocycles. The van der Waals surface area contributed by atoms with Gasteiger partial charge in [-0.15, -0.1) is 0 Å². The molecular weight excluding hydrogens is 198 g/mol. The minimum absolute atomic E-state index is 0.336. The second-order valence-electron chi connectivity index (χ2n) is 4.41. The van der Waals surface area contributed by atoms with E-state index < -0.39 is 0 Å². The lowest BCUT2D eigenvalue weighted by atomic mass is 10.0. The van der Waals surface area contributed by atoms with Crippen LogP contribution >= 0.6 is 0 Å². The van der Waals surface area contributed by atoms with Crippen LogP contribution in [0.25, 0.3) is 0 Å². The van der Waals surface area contributed by atoms with Crippen molar-refractivity contribution in [3.63, 3.8) is 0 Å². The van der Waals surface area contributed by atoms with Crippen molar-refractivity contribution < 1.29 is 4.74 Å². The highest BCUT2D eigenvalue weighted by Gasteiger charge is 2.03. The highest BCUT2D eigenvalue weighted by atomic mass is 16.5. The first-order valence-corrected chi connectivity index (χ1v) is 6.07. The number of hydrogen-bond acceptors (Lipinski definition) is 2. The summed E-state index contributed by atoms with van der Waals surface area (Å²) in [6.45, 7) is 7.78. The van der Waals surface area contributed by atoms with Crippen LogP contribution in [-0.2, 0) is 11.3 Å². The standard InChI is InChI=1S/C14H23NO/c1-4-12(3)16-10-13-5-7-14(8-6-13)11(2)9-15/h5-8,11-12H,4,9-10,15H2,1-3H3. The average molecular weight is 221 g/mol. The smallest absolute Gasteiger partial charge is 0.0720 e. The molecule has 90 valence electrons. The van der Waals surface area contributed by atoms with Gasteiger partial charge in [-0.2, -0.15) is 0 Å². The maximum Gasteiger partial charge on any atom is 0.0720 e. The zero-order chi connectivity index (χ0) is 12.0. The minimum atomic E-state index is 0.336. The van der Waals surface area contributed by atoms with E-state index in [2.05, 4.69) is 45.0 Å². The van der Waals surface area contributed by atoms with Gasteiger partial charge >= 0.3 is 0 Å². The summed E-state index contributed by atoms with van der Waals surface area (Å²) in [5.41, 5.74) is 8.16. The zero-order valence-corrected chi connectivity index (χ0v) is 10.6. The van der Waals surface area contributed by atoms with E-state index in [9.17, 15) is 0 Å². The molecule has 1 aromatic carbocycles.